The number of aliphatic imine (C=N–C) groups is 1. The number of hydrogen-bond donors (Lipinski definition) is 3. The number of benzene rings is 1. The van der Waals surface area contributed by atoms with Crippen molar-refractivity contribution in [2.45, 2.75) is 6.42 Å². The summed E-state index contributed by atoms with van der Waals surface area (Å²) >= 11 is 1.74. The molecule has 0 aliphatic rings. The van der Waals surface area contributed by atoms with Crippen LogP contribution in [0.1, 0.15) is 15.9 Å². The molecule has 1 aromatic carbocycles. The summed E-state index contributed by atoms with van der Waals surface area (Å²) in [5, 5.41) is 9.09. The molecule has 0 heterocycles. The van der Waals surface area contributed by atoms with Crippen LogP contribution in [0.5, 0.6) is 0 Å². The highest BCUT2D eigenvalue weighted by atomic mass is 32.2. The molecule has 3 N–H and O–H groups in total. The van der Waals surface area contributed by atoms with Gasteiger partial charge in [0.15, 0.2) is 5.96 Å². The average Bonchev–Trinajstić information content (AvgIpc) is 2.64. The van der Waals surface area contributed by atoms with E-state index in [1.54, 1.807) is 39.0 Å². The van der Waals surface area contributed by atoms with E-state index >= 15 is 0 Å². The largest absolute Gasteiger partial charge is 0.356 e. The molecule has 0 bridgehead atoms. The van der Waals surface area contributed by atoms with E-state index in [0.717, 1.165) is 24.3 Å². The van der Waals surface area contributed by atoms with Gasteiger partial charge in [-0.1, -0.05) is 12.1 Å². The topological polar surface area (TPSA) is 85.8 Å². The molecule has 0 atom stereocenters. The van der Waals surface area contributed by atoms with Gasteiger partial charge >= 0.3 is 0 Å². The van der Waals surface area contributed by atoms with Crippen molar-refractivity contribution in [2.75, 3.05) is 52.8 Å². The molecule has 0 aliphatic carbocycles. The molecule has 0 aliphatic heterocycles. The molecular weight excluding hydrogens is 350 g/mol. The van der Waals surface area contributed by atoms with Crippen LogP contribution in [0.3, 0.4) is 0 Å². The highest BCUT2D eigenvalue weighted by Gasteiger charge is 2.06. The standard InChI is InChI=1S/C18H29N5O2S/c1-19-17(25)15-7-5-6-14(12-15)8-9-20-18(21-10-11-26-4)22-13-16(24)23(2)3/h5-7,12H,8-11,13H2,1-4H3,(H,19,25)(H2,20,21,22). The summed E-state index contributed by atoms with van der Waals surface area (Å²) in [6, 6.07) is 7.54. The third-order valence-electron chi connectivity index (χ3n) is 3.59. The first-order valence-electron chi connectivity index (χ1n) is 8.50. The Hall–Kier alpha value is -2.22. The maximum atomic E-state index is 11.7. The minimum atomic E-state index is -0.0945. The number of amides is 2. The van der Waals surface area contributed by atoms with Crippen molar-refractivity contribution in [3.8, 4) is 0 Å². The third-order valence-corrected chi connectivity index (χ3v) is 4.20. The maximum absolute atomic E-state index is 11.7. The maximum Gasteiger partial charge on any atom is 0.251 e. The normalized spacial score (nSPS) is 11.0. The Morgan fingerprint density at radius 2 is 1.92 bits per heavy atom. The number of rotatable bonds is 9. The van der Waals surface area contributed by atoms with Gasteiger partial charge in [0.2, 0.25) is 5.91 Å². The lowest BCUT2D eigenvalue weighted by Crippen LogP contribution is -2.40. The van der Waals surface area contributed by atoms with Gasteiger partial charge in [0.1, 0.15) is 6.54 Å². The van der Waals surface area contributed by atoms with Crippen molar-refractivity contribution in [3.63, 3.8) is 0 Å². The van der Waals surface area contributed by atoms with Gasteiger partial charge in [-0.05, 0) is 30.4 Å². The first-order chi connectivity index (χ1) is 12.5. The van der Waals surface area contributed by atoms with E-state index in [2.05, 4.69) is 20.9 Å². The van der Waals surface area contributed by atoms with E-state index in [1.807, 2.05) is 24.5 Å². The Balaban J connectivity index is 2.60. The molecule has 2 amide bonds. The van der Waals surface area contributed by atoms with Crippen LogP contribution >= 0.6 is 11.8 Å². The summed E-state index contributed by atoms with van der Waals surface area (Å²) in [4.78, 5) is 29.3. The summed E-state index contributed by atoms with van der Waals surface area (Å²) in [6.45, 7) is 1.53. The van der Waals surface area contributed by atoms with Crippen LogP contribution in [0.4, 0.5) is 0 Å². The van der Waals surface area contributed by atoms with Gasteiger partial charge in [0, 0.05) is 45.5 Å². The number of nitrogens with zero attached hydrogens (tertiary/aromatic N) is 2. The lowest BCUT2D eigenvalue weighted by atomic mass is 10.1. The van der Waals surface area contributed by atoms with Crippen LogP contribution in [-0.2, 0) is 11.2 Å². The number of thioether (sulfide) groups is 1. The van der Waals surface area contributed by atoms with Crippen molar-refractivity contribution in [1.29, 1.82) is 0 Å². The van der Waals surface area contributed by atoms with E-state index in [1.165, 1.54) is 4.90 Å². The summed E-state index contributed by atoms with van der Waals surface area (Å²) in [5.41, 5.74) is 1.71. The SMILES string of the molecule is CNC(=O)c1cccc(CCNC(=NCC(=O)N(C)C)NCCSC)c1. The zero-order valence-electron chi connectivity index (χ0n) is 16.0. The summed E-state index contributed by atoms with van der Waals surface area (Å²) in [6.07, 6.45) is 2.79. The molecule has 0 unspecified atom stereocenters. The highest BCUT2D eigenvalue weighted by molar-refractivity contribution is 7.98. The van der Waals surface area contributed by atoms with E-state index in [4.69, 9.17) is 0 Å². The van der Waals surface area contributed by atoms with E-state index in [0.29, 0.717) is 18.1 Å². The lowest BCUT2D eigenvalue weighted by Gasteiger charge is -2.13. The van der Waals surface area contributed by atoms with Crippen LogP contribution in [0.15, 0.2) is 29.3 Å². The van der Waals surface area contributed by atoms with Crippen molar-refractivity contribution in [2.24, 2.45) is 4.99 Å². The fourth-order valence-corrected chi connectivity index (χ4v) is 2.38. The van der Waals surface area contributed by atoms with Gasteiger partial charge in [-0.2, -0.15) is 11.8 Å². The van der Waals surface area contributed by atoms with Crippen LogP contribution in [0.25, 0.3) is 0 Å². The molecule has 1 aromatic rings. The van der Waals surface area contributed by atoms with E-state index in [-0.39, 0.29) is 18.4 Å². The van der Waals surface area contributed by atoms with Crippen molar-refractivity contribution < 1.29 is 9.59 Å². The molecule has 26 heavy (non-hydrogen) atoms. The number of carbonyl (C=O) groups is 2. The van der Waals surface area contributed by atoms with Crippen LogP contribution in [-0.4, -0.2) is 75.5 Å². The third kappa shape index (κ3) is 8.24. The summed E-state index contributed by atoms with van der Waals surface area (Å²) in [5.74, 6) is 1.44. The number of carbonyl (C=O) groups excluding carboxylic acids is 2. The van der Waals surface area contributed by atoms with Crippen molar-refractivity contribution in [3.05, 3.63) is 35.4 Å². The molecule has 144 valence electrons. The number of hydrogen-bond acceptors (Lipinski definition) is 4. The summed E-state index contributed by atoms with van der Waals surface area (Å²) in [7, 11) is 5.05. The lowest BCUT2D eigenvalue weighted by molar-refractivity contribution is -0.127. The minimum Gasteiger partial charge on any atom is -0.356 e. The van der Waals surface area contributed by atoms with Gasteiger partial charge < -0.3 is 20.9 Å². The number of guanidine groups is 1. The monoisotopic (exact) mass is 379 g/mol. The molecule has 0 radical (unpaired) electrons. The molecule has 0 fully saturated rings. The molecule has 8 heteroatoms. The number of likely N-dealkylation sites (N-methyl/N-ethyl adjacent to an activating group) is 1. The second kappa shape index (κ2) is 12.2. The predicted molar refractivity (Wildman–Crippen MR) is 109 cm³/mol. The zero-order valence-corrected chi connectivity index (χ0v) is 16.8. The van der Waals surface area contributed by atoms with Crippen molar-refractivity contribution >= 4 is 29.5 Å². The fourth-order valence-electron chi connectivity index (χ4n) is 2.07. The Labute approximate surface area is 160 Å². The molecule has 0 aromatic heterocycles. The second-order valence-electron chi connectivity index (χ2n) is 5.83. The highest BCUT2D eigenvalue weighted by Crippen LogP contribution is 2.05. The molecule has 0 spiro atoms. The van der Waals surface area contributed by atoms with Gasteiger partial charge in [-0.15, -0.1) is 0 Å². The molecule has 0 saturated carbocycles. The van der Waals surface area contributed by atoms with Crippen LogP contribution < -0.4 is 16.0 Å². The first-order valence-corrected chi connectivity index (χ1v) is 9.89. The predicted octanol–water partition coefficient (Wildman–Crippen LogP) is 0.575. The molecule has 1 rings (SSSR count). The number of nitrogens with one attached hydrogen (secondary N) is 3. The Morgan fingerprint density at radius 1 is 1.19 bits per heavy atom. The van der Waals surface area contributed by atoms with Gasteiger partial charge in [0.05, 0.1) is 0 Å². The van der Waals surface area contributed by atoms with Crippen LogP contribution in [0, 0.1) is 0 Å². The minimum absolute atomic E-state index is 0.0470. The molecule has 7 nitrogen and oxygen atoms in total. The second-order valence-corrected chi connectivity index (χ2v) is 6.81. The molecular formula is C18H29N5O2S. The van der Waals surface area contributed by atoms with Crippen LogP contribution in [0.2, 0.25) is 0 Å². The Kier molecular flexibility index (Phi) is 10.2. The smallest absolute Gasteiger partial charge is 0.251 e. The van der Waals surface area contributed by atoms with E-state index < -0.39 is 0 Å². The quantitative estimate of drug-likeness (QED) is 0.332. The zero-order chi connectivity index (χ0) is 19.4. The Bertz CT molecular complexity index is 619. The fraction of sp³-hybridized carbons (Fsp3) is 0.500. The first kappa shape index (κ1) is 21.8. The average molecular weight is 380 g/mol. The molecule has 0 saturated heterocycles. The summed E-state index contributed by atoms with van der Waals surface area (Å²) < 4.78 is 0. The Morgan fingerprint density at radius 3 is 2.58 bits per heavy atom. The van der Waals surface area contributed by atoms with Gasteiger partial charge in [-0.3, -0.25) is 9.59 Å². The van der Waals surface area contributed by atoms with Gasteiger partial charge in [0.25, 0.3) is 5.91 Å². The van der Waals surface area contributed by atoms with Crippen molar-refractivity contribution in [1.82, 2.24) is 20.9 Å². The van der Waals surface area contributed by atoms with Gasteiger partial charge in [-0.25, -0.2) is 4.99 Å². The van der Waals surface area contributed by atoms with E-state index in [9.17, 15) is 9.59 Å².